The van der Waals surface area contributed by atoms with E-state index >= 15 is 0 Å². The molecule has 0 unspecified atom stereocenters. The van der Waals surface area contributed by atoms with Crippen LogP contribution >= 0.6 is 11.6 Å². The smallest absolute Gasteiger partial charge is 0.253 e. The summed E-state index contributed by atoms with van der Waals surface area (Å²) >= 11 is 6.17. The van der Waals surface area contributed by atoms with Crippen molar-refractivity contribution in [2.24, 2.45) is 0 Å². The Kier molecular flexibility index (Phi) is 6.49. The third kappa shape index (κ3) is 5.12. The molecule has 29 heavy (non-hydrogen) atoms. The average Bonchev–Trinajstić information content (AvgIpc) is 3.06. The number of benzene rings is 2. The van der Waals surface area contributed by atoms with Gasteiger partial charge in [0, 0.05) is 31.4 Å². The summed E-state index contributed by atoms with van der Waals surface area (Å²) in [6.45, 7) is 2.95. The van der Waals surface area contributed by atoms with Gasteiger partial charge in [-0.1, -0.05) is 23.7 Å². The number of carbonyl (C=O) groups excluding carboxylic acids is 1. The molecule has 0 saturated heterocycles. The number of rotatable bonds is 7. The molecule has 0 atom stereocenters. The molecule has 3 rings (SSSR count). The van der Waals surface area contributed by atoms with Crippen LogP contribution in [0.3, 0.4) is 0 Å². The molecule has 2 aromatic carbocycles. The van der Waals surface area contributed by atoms with Crippen LogP contribution in [-0.2, 0) is 19.7 Å². The molecular formula is C21H20ClF2N3O2. The van der Waals surface area contributed by atoms with Crippen LogP contribution in [0.2, 0.25) is 5.02 Å². The number of hydrogen-bond acceptors (Lipinski definition) is 3. The summed E-state index contributed by atoms with van der Waals surface area (Å²) in [4.78, 5) is 14.3. The Morgan fingerprint density at radius 2 is 2.03 bits per heavy atom. The summed E-state index contributed by atoms with van der Waals surface area (Å²) in [6, 6.07) is 9.96. The average molecular weight is 420 g/mol. The lowest BCUT2D eigenvalue weighted by molar-refractivity contribution is 0.0783. The third-order valence-electron chi connectivity index (χ3n) is 4.31. The van der Waals surface area contributed by atoms with Crippen molar-refractivity contribution in [2.75, 3.05) is 7.05 Å². The van der Waals surface area contributed by atoms with Gasteiger partial charge in [-0.15, -0.1) is 0 Å². The Morgan fingerprint density at radius 1 is 1.24 bits per heavy atom. The zero-order valence-corrected chi connectivity index (χ0v) is 16.8. The van der Waals surface area contributed by atoms with Gasteiger partial charge in [-0.3, -0.25) is 9.48 Å². The fraction of sp³-hybridized carbons (Fsp3) is 0.238. The first-order valence-corrected chi connectivity index (χ1v) is 9.39. The van der Waals surface area contributed by atoms with E-state index in [-0.39, 0.29) is 24.8 Å². The highest BCUT2D eigenvalue weighted by Gasteiger charge is 2.16. The summed E-state index contributed by atoms with van der Waals surface area (Å²) in [5, 5.41) is 4.86. The number of amides is 1. The fourth-order valence-corrected chi connectivity index (χ4v) is 2.98. The van der Waals surface area contributed by atoms with Crippen LogP contribution in [0.25, 0.3) is 0 Å². The predicted octanol–water partition coefficient (Wildman–Crippen LogP) is 4.69. The molecule has 5 nitrogen and oxygen atoms in total. The molecular weight excluding hydrogens is 400 g/mol. The number of hydrogen-bond donors (Lipinski definition) is 0. The minimum Gasteiger partial charge on any atom is -0.486 e. The zero-order valence-electron chi connectivity index (χ0n) is 16.0. The maximum absolute atomic E-state index is 13.7. The second kappa shape index (κ2) is 9.05. The van der Waals surface area contributed by atoms with E-state index in [0.29, 0.717) is 28.4 Å². The number of ether oxygens (including phenoxy) is 1. The van der Waals surface area contributed by atoms with Crippen LogP contribution in [-0.4, -0.2) is 27.6 Å². The van der Waals surface area contributed by atoms with Gasteiger partial charge in [0.1, 0.15) is 18.1 Å². The minimum absolute atomic E-state index is 0.0418. The van der Waals surface area contributed by atoms with Gasteiger partial charge in [-0.2, -0.15) is 5.10 Å². The van der Waals surface area contributed by atoms with Crippen molar-refractivity contribution in [1.82, 2.24) is 14.7 Å². The van der Waals surface area contributed by atoms with E-state index in [1.807, 2.05) is 6.92 Å². The minimum atomic E-state index is -0.777. The molecule has 0 aliphatic carbocycles. The summed E-state index contributed by atoms with van der Waals surface area (Å²) in [5.41, 5.74) is 1.76. The molecule has 1 aromatic heterocycles. The lowest BCUT2D eigenvalue weighted by atomic mass is 10.1. The van der Waals surface area contributed by atoms with Crippen molar-refractivity contribution < 1.29 is 18.3 Å². The maximum atomic E-state index is 13.7. The van der Waals surface area contributed by atoms with E-state index in [1.165, 1.54) is 11.0 Å². The van der Waals surface area contributed by atoms with Crippen LogP contribution in [0.1, 0.15) is 28.5 Å². The van der Waals surface area contributed by atoms with Gasteiger partial charge in [0.05, 0.1) is 11.6 Å². The Morgan fingerprint density at radius 3 is 2.72 bits per heavy atom. The Bertz CT molecular complexity index is 1020. The molecule has 152 valence electrons. The van der Waals surface area contributed by atoms with Gasteiger partial charge in [-0.25, -0.2) is 8.78 Å². The molecule has 0 aliphatic rings. The van der Waals surface area contributed by atoms with Gasteiger partial charge >= 0.3 is 0 Å². The Hall–Kier alpha value is -2.93. The summed E-state index contributed by atoms with van der Waals surface area (Å²) in [6.07, 6.45) is 1.72. The third-order valence-corrected chi connectivity index (χ3v) is 4.62. The lowest BCUT2D eigenvalue weighted by Crippen LogP contribution is -2.26. The highest BCUT2D eigenvalue weighted by atomic mass is 35.5. The van der Waals surface area contributed by atoms with Gasteiger partial charge in [-0.05, 0) is 36.8 Å². The first-order chi connectivity index (χ1) is 13.9. The number of carbonyl (C=O) groups is 1. The molecule has 8 heteroatoms. The standard InChI is InChI=1S/C21H20ClF2N3O2/c1-3-27-11-17(22)19(25-27)12-26(2)21(28)15-6-4-5-14(9-15)13-29-20-8-7-16(23)10-18(20)24/h4-11H,3,12-13H2,1-2H3. The molecule has 0 N–H and O–H groups in total. The van der Waals surface area contributed by atoms with Crippen LogP contribution in [0, 0.1) is 11.6 Å². The van der Waals surface area contributed by atoms with Gasteiger partial charge in [0.15, 0.2) is 11.6 Å². The Labute approximate surface area is 172 Å². The zero-order chi connectivity index (χ0) is 21.0. The second-order valence-electron chi connectivity index (χ2n) is 6.50. The van der Waals surface area contributed by atoms with Gasteiger partial charge < -0.3 is 9.64 Å². The van der Waals surface area contributed by atoms with Crippen LogP contribution in [0.4, 0.5) is 8.78 Å². The van der Waals surface area contributed by atoms with Crippen molar-refractivity contribution in [3.05, 3.63) is 82.1 Å². The van der Waals surface area contributed by atoms with Crippen LogP contribution < -0.4 is 4.74 Å². The number of aryl methyl sites for hydroxylation is 1. The van der Waals surface area contributed by atoms with E-state index in [9.17, 15) is 13.6 Å². The van der Waals surface area contributed by atoms with E-state index in [0.717, 1.165) is 12.1 Å². The van der Waals surface area contributed by atoms with Crippen molar-refractivity contribution in [1.29, 1.82) is 0 Å². The van der Waals surface area contributed by atoms with Crippen molar-refractivity contribution in [3.63, 3.8) is 0 Å². The highest BCUT2D eigenvalue weighted by Crippen LogP contribution is 2.20. The molecule has 0 saturated carbocycles. The molecule has 0 radical (unpaired) electrons. The number of nitrogens with zero attached hydrogens (tertiary/aromatic N) is 3. The predicted molar refractivity (Wildman–Crippen MR) is 106 cm³/mol. The first kappa shape index (κ1) is 20.8. The van der Waals surface area contributed by atoms with Crippen LogP contribution in [0.5, 0.6) is 5.75 Å². The second-order valence-corrected chi connectivity index (χ2v) is 6.91. The Balaban J connectivity index is 1.67. The topological polar surface area (TPSA) is 47.4 Å². The quantitative estimate of drug-likeness (QED) is 0.558. The molecule has 1 amide bonds. The normalized spacial score (nSPS) is 10.8. The highest BCUT2D eigenvalue weighted by molar-refractivity contribution is 6.31. The van der Waals surface area contributed by atoms with E-state index < -0.39 is 11.6 Å². The fourth-order valence-electron chi connectivity index (χ4n) is 2.77. The molecule has 3 aromatic rings. The van der Waals surface area contributed by atoms with E-state index in [2.05, 4.69) is 5.10 Å². The first-order valence-electron chi connectivity index (χ1n) is 9.01. The SMILES string of the molecule is CCn1cc(Cl)c(CN(C)C(=O)c2cccc(COc3ccc(F)cc3F)c2)n1. The van der Waals surface area contributed by atoms with Crippen molar-refractivity contribution >= 4 is 17.5 Å². The van der Waals surface area contributed by atoms with Crippen molar-refractivity contribution in [2.45, 2.75) is 26.6 Å². The summed E-state index contributed by atoms with van der Waals surface area (Å²) < 4.78 is 33.8. The number of aromatic nitrogens is 2. The molecule has 0 aliphatic heterocycles. The number of halogens is 3. The summed E-state index contributed by atoms with van der Waals surface area (Å²) in [5.74, 6) is -1.71. The lowest BCUT2D eigenvalue weighted by Gasteiger charge is -2.17. The van der Waals surface area contributed by atoms with Crippen LogP contribution in [0.15, 0.2) is 48.7 Å². The van der Waals surface area contributed by atoms with E-state index in [1.54, 1.807) is 42.2 Å². The molecule has 0 bridgehead atoms. The van der Waals surface area contributed by atoms with Gasteiger partial charge in [0.2, 0.25) is 0 Å². The molecule has 1 heterocycles. The van der Waals surface area contributed by atoms with E-state index in [4.69, 9.17) is 16.3 Å². The molecule has 0 spiro atoms. The monoisotopic (exact) mass is 419 g/mol. The maximum Gasteiger partial charge on any atom is 0.253 e. The van der Waals surface area contributed by atoms with Gasteiger partial charge in [0.25, 0.3) is 5.91 Å². The summed E-state index contributed by atoms with van der Waals surface area (Å²) in [7, 11) is 1.67. The molecule has 0 fully saturated rings. The van der Waals surface area contributed by atoms with Crippen molar-refractivity contribution in [3.8, 4) is 5.75 Å². The largest absolute Gasteiger partial charge is 0.486 e.